The first-order chi connectivity index (χ1) is 17.0. The molecule has 0 aliphatic carbocycles. The van der Waals surface area contributed by atoms with Gasteiger partial charge >= 0.3 is 6.18 Å². The van der Waals surface area contributed by atoms with E-state index < -0.39 is 51.2 Å². The summed E-state index contributed by atoms with van der Waals surface area (Å²) < 4.78 is 66.0. The Kier molecular flexibility index (Phi) is 10.0. The van der Waals surface area contributed by atoms with E-state index >= 15 is 0 Å². The molecule has 1 N–H and O–H groups in total. The molecule has 12 heteroatoms. The van der Waals surface area contributed by atoms with Crippen LogP contribution < -0.4 is 9.62 Å². The zero-order valence-electron chi connectivity index (χ0n) is 21.3. The third kappa shape index (κ3) is 8.36. The summed E-state index contributed by atoms with van der Waals surface area (Å²) in [7, 11) is -4.20. The number of halogens is 4. The number of amides is 2. The van der Waals surface area contributed by atoms with Crippen LogP contribution >= 0.6 is 11.6 Å². The molecule has 0 aromatic heterocycles. The van der Waals surface area contributed by atoms with Gasteiger partial charge in [0.25, 0.3) is 0 Å². The Morgan fingerprint density at radius 3 is 2.24 bits per heavy atom. The second-order valence-corrected chi connectivity index (χ2v) is 11.5. The molecule has 37 heavy (non-hydrogen) atoms. The number of anilines is 1. The van der Waals surface area contributed by atoms with Gasteiger partial charge in [-0.1, -0.05) is 49.7 Å². The van der Waals surface area contributed by atoms with Crippen LogP contribution in [0.2, 0.25) is 5.02 Å². The first-order valence-electron chi connectivity index (χ1n) is 11.5. The standard InChI is InChI=1S/C25H31ClF3N3O4S/c1-16(2)13-30-24(34)18(4)31(14-19-9-7-6-8-17(19)3)23(33)15-32(37(5,35)36)20-10-11-22(26)21(12-20)25(27,28)29/h6-12,16,18H,13-15H2,1-5H3,(H,30,34)/t18-/m1/s1. The number of carbonyl (C=O) groups is 2. The van der Waals surface area contributed by atoms with E-state index in [9.17, 15) is 31.2 Å². The molecule has 204 valence electrons. The van der Waals surface area contributed by atoms with Crippen molar-refractivity contribution in [1.82, 2.24) is 10.2 Å². The number of nitrogens with zero attached hydrogens (tertiary/aromatic N) is 2. The van der Waals surface area contributed by atoms with Crippen LogP contribution in [0, 0.1) is 12.8 Å². The molecule has 0 fully saturated rings. The highest BCUT2D eigenvalue weighted by molar-refractivity contribution is 7.92. The predicted molar refractivity (Wildman–Crippen MR) is 138 cm³/mol. The number of benzene rings is 2. The summed E-state index contributed by atoms with van der Waals surface area (Å²) in [6.07, 6.45) is -4.05. The fourth-order valence-electron chi connectivity index (χ4n) is 3.51. The van der Waals surface area contributed by atoms with Crippen molar-refractivity contribution in [2.45, 2.75) is 46.5 Å². The third-order valence-electron chi connectivity index (χ3n) is 5.68. The zero-order valence-corrected chi connectivity index (χ0v) is 22.8. The van der Waals surface area contributed by atoms with Crippen molar-refractivity contribution in [3.63, 3.8) is 0 Å². The second kappa shape index (κ2) is 12.2. The summed E-state index contributed by atoms with van der Waals surface area (Å²) in [5.74, 6) is -1.04. The van der Waals surface area contributed by atoms with Crippen LogP contribution in [0.1, 0.15) is 37.5 Å². The molecular weight excluding hydrogens is 531 g/mol. The average molecular weight is 562 g/mol. The average Bonchev–Trinajstić information content (AvgIpc) is 2.78. The maximum Gasteiger partial charge on any atom is 0.417 e. The molecule has 0 aliphatic rings. The molecule has 0 unspecified atom stereocenters. The van der Waals surface area contributed by atoms with Gasteiger partial charge in [0.2, 0.25) is 21.8 Å². The van der Waals surface area contributed by atoms with Crippen molar-refractivity contribution in [1.29, 1.82) is 0 Å². The van der Waals surface area contributed by atoms with E-state index in [2.05, 4.69) is 5.32 Å². The van der Waals surface area contributed by atoms with Gasteiger partial charge in [0, 0.05) is 13.1 Å². The first kappa shape index (κ1) is 30.4. The molecule has 0 bridgehead atoms. The van der Waals surface area contributed by atoms with Crippen LogP contribution in [0.5, 0.6) is 0 Å². The van der Waals surface area contributed by atoms with Gasteiger partial charge in [-0.2, -0.15) is 13.2 Å². The fraction of sp³-hybridized carbons (Fsp3) is 0.440. The molecule has 0 aliphatic heterocycles. The fourth-order valence-corrected chi connectivity index (χ4v) is 4.57. The van der Waals surface area contributed by atoms with Crippen LogP contribution in [-0.2, 0) is 32.3 Å². The summed E-state index contributed by atoms with van der Waals surface area (Å²) in [4.78, 5) is 27.6. The summed E-state index contributed by atoms with van der Waals surface area (Å²) in [5.41, 5.74) is -0.0232. The summed E-state index contributed by atoms with van der Waals surface area (Å²) >= 11 is 5.68. The van der Waals surface area contributed by atoms with Gasteiger partial charge in [-0.25, -0.2) is 8.42 Å². The quantitative estimate of drug-likeness (QED) is 0.458. The van der Waals surface area contributed by atoms with E-state index in [1.165, 1.54) is 11.8 Å². The second-order valence-electron chi connectivity index (χ2n) is 9.19. The summed E-state index contributed by atoms with van der Waals surface area (Å²) in [5, 5.41) is 2.15. The lowest BCUT2D eigenvalue weighted by atomic mass is 10.1. The van der Waals surface area contributed by atoms with Crippen LogP contribution in [-0.4, -0.2) is 50.5 Å². The Bertz CT molecular complexity index is 1240. The van der Waals surface area contributed by atoms with Crippen molar-refractivity contribution in [2.24, 2.45) is 5.92 Å². The van der Waals surface area contributed by atoms with Crippen LogP contribution in [0.25, 0.3) is 0 Å². The van der Waals surface area contributed by atoms with Gasteiger partial charge in [0.1, 0.15) is 12.6 Å². The Labute approximate surface area is 220 Å². The number of carbonyl (C=O) groups excluding carboxylic acids is 2. The van der Waals surface area contributed by atoms with Gasteiger partial charge in [-0.05, 0) is 49.1 Å². The van der Waals surface area contributed by atoms with Crippen molar-refractivity contribution < 1.29 is 31.2 Å². The first-order valence-corrected chi connectivity index (χ1v) is 13.7. The molecule has 0 radical (unpaired) electrons. The van der Waals surface area contributed by atoms with Crippen LogP contribution in [0.3, 0.4) is 0 Å². The minimum absolute atomic E-state index is 0.00616. The van der Waals surface area contributed by atoms with Crippen molar-refractivity contribution >= 4 is 39.1 Å². The predicted octanol–water partition coefficient (Wildman–Crippen LogP) is 4.62. The molecule has 2 aromatic carbocycles. The lowest BCUT2D eigenvalue weighted by molar-refractivity contribution is -0.139. The van der Waals surface area contributed by atoms with Gasteiger partial charge in [0.05, 0.1) is 22.5 Å². The van der Waals surface area contributed by atoms with Crippen molar-refractivity contribution in [3.05, 3.63) is 64.2 Å². The minimum Gasteiger partial charge on any atom is -0.354 e. The molecular formula is C25H31ClF3N3O4S. The number of hydrogen-bond donors (Lipinski definition) is 1. The number of nitrogens with one attached hydrogen (secondary N) is 1. The zero-order chi connectivity index (χ0) is 28.1. The number of rotatable bonds is 10. The number of sulfonamides is 1. The van der Waals surface area contributed by atoms with Crippen LogP contribution in [0.15, 0.2) is 42.5 Å². The van der Waals surface area contributed by atoms with Gasteiger partial charge in [0.15, 0.2) is 0 Å². The van der Waals surface area contributed by atoms with E-state index in [1.807, 2.05) is 32.9 Å². The normalized spacial score (nSPS) is 12.8. The van der Waals surface area contributed by atoms with E-state index in [-0.39, 0.29) is 18.2 Å². The SMILES string of the molecule is Cc1ccccc1CN(C(=O)CN(c1ccc(Cl)c(C(F)(F)F)c1)S(C)(=O)=O)[C@H](C)C(=O)NCC(C)C. The molecule has 0 heterocycles. The molecule has 0 saturated heterocycles. The van der Waals surface area contributed by atoms with Gasteiger partial charge < -0.3 is 10.2 Å². The lowest BCUT2D eigenvalue weighted by Crippen LogP contribution is -2.51. The monoisotopic (exact) mass is 561 g/mol. The lowest BCUT2D eigenvalue weighted by Gasteiger charge is -2.32. The maximum absolute atomic E-state index is 13.5. The Balaban J connectivity index is 2.47. The summed E-state index contributed by atoms with van der Waals surface area (Å²) in [6, 6.07) is 8.81. The Morgan fingerprint density at radius 2 is 1.70 bits per heavy atom. The molecule has 2 rings (SSSR count). The number of alkyl halides is 3. The molecule has 0 saturated carbocycles. The van der Waals surface area contributed by atoms with Crippen LogP contribution in [0.4, 0.5) is 18.9 Å². The van der Waals surface area contributed by atoms with Crippen molar-refractivity contribution in [3.8, 4) is 0 Å². The molecule has 7 nitrogen and oxygen atoms in total. The molecule has 2 aromatic rings. The van der Waals surface area contributed by atoms with Gasteiger partial charge in [-0.3, -0.25) is 13.9 Å². The van der Waals surface area contributed by atoms with E-state index in [0.29, 0.717) is 16.9 Å². The minimum atomic E-state index is -4.83. The van der Waals surface area contributed by atoms with E-state index in [4.69, 9.17) is 11.6 Å². The number of aryl methyl sites for hydroxylation is 1. The molecule has 0 spiro atoms. The molecule has 2 amide bonds. The summed E-state index contributed by atoms with van der Waals surface area (Å²) in [6.45, 7) is 6.71. The smallest absolute Gasteiger partial charge is 0.354 e. The third-order valence-corrected chi connectivity index (χ3v) is 7.15. The highest BCUT2D eigenvalue weighted by atomic mass is 35.5. The number of hydrogen-bond acceptors (Lipinski definition) is 4. The molecule has 1 atom stereocenters. The topological polar surface area (TPSA) is 86.8 Å². The van der Waals surface area contributed by atoms with E-state index in [0.717, 1.165) is 29.5 Å². The van der Waals surface area contributed by atoms with Crippen molar-refractivity contribution in [2.75, 3.05) is 23.7 Å². The Hall–Kier alpha value is -2.79. The Morgan fingerprint density at radius 1 is 1.08 bits per heavy atom. The highest BCUT2D eigenvalue weighted by Crippen LogP contribution is 2.37. The van der Waals surface area contributed by atoms with Gasteiger partial charge in [-0.15, -0.1) is 0 Å². The highest BCUT2D eigenvalue weighted by Gasteiger charge is 2.35. The van der Waals surface area contributed by atoms with E-state index in [1.54, 1.807) is 12.1 Å². The largest absolute Gasteiger partial charge is 0.417 e. The maximum atomic E-state index is 13.5.